The first-order valence-electron chi connectivity index (χ1n) is 6.98. The van der Waals surface area contributed by atoms with Crippen LogP contribution in [0.2, 0.25) is 0 Å². The zero-order chi connectivity index (χ0) is 15.0. The van der Waals surface area contributed by atoms with Crippen molar-refractivity contribution in [1.82, 2.24) is 9.55 Å². The summed E-state index contributed by atoms with van der Waals surface area (Å²) in [4.78, 5) is 16.3. The molecule has 0 bridgehead atoms. The first-order chi connectivity index (χ1) is 10.0. The number of aliphatic hydroxyl groups excluding tert-OH is 1. The maximum absolute atomic E-state index is 12.1. The Kier molecular flexibility index (Phi) is 3.29. The third-order valence-corrected chi connectivity index (χ3v) is 3.88. The van der Waals surface area contributed by atoms with Crippen LogP contribution in [0.4, 0.5) is 0 Å². The number of benzene rings is 1. The van der Waals surface area contributed by atoms with Crippen LogP contribution in [-0.4, -0.2) is 32.8 Å². The molecule has 0 amide bonds. The van der Waals surface area contributed by atoms with Crippen molar-refractivity contribution >= 4 is 5.97 Å². The highest BCUT2D eigenvalue weighted by atomic mass is 16.6. The first kappa shape index (κ1) is 13.8. The second-order valence-corrected chi connectivity index (χ2v) is 5.75. The number of rotatable bonds is 3. The van der Waals surface area contributed by atoms with Crippen molar-refractivity contribution in [2.75, 3.05) is 6.61 Å². The summed E-state index contributed by atoms with van der Waals surface area (Å²) in [6.07, 6.45) is 3.99. The molecule has 0 unspecified atom stereocenters. The Bertz CT molecular complexity index is 676. The Labute approximate surface area is 123 Å². The molecule has 2 aromatic rings. The standard InChI is InChI=1S/C16H18N2O3/c1-16(2)14(18-10-17-9-11(18)7-8-19)12-5-3-4-6-13(12)15(20)21-16/h3-6,9-10,14,19H,7-8H2,1-2H3/t14-/m0/s1. The quantitative estimate of drug-likeness (QED) is 0.876. The van der Waals surface area contributed by atoms with E-state index in [-0.39, 0.29) is 18.6 Å². The number of aliphatic hydroxyl groups is 1. The second-order valence-electron chi connectivity index (χ2n) is 5.75. The molecule has 1 aromatic carbocycles. The summed E-state index contributed by atoms with van der Waals surface area (Å²) in [7, 11) is 0. The summed E-state index contributed by atoms with van der Waals surface area (Å²) >= 11 is 0. The predicted octanol–water partition coefficient (Wildman–Crippen LogP) is 1.96. The molecule has 5 heteroatoms. The lowest BCUT2D eigenvalue weighted by molar-refractivity contribution is -0.0266. The predicted molar refractivity (Wildman–Crippen MR) is 77.1 cm³/mol. The minimum atomic E-state index is -0.684. The van der Waals surface area contributed by atoms with Gasteiger partial charge in [0, 0.05) is 24.9 Å². The Balaban J connectivity index is 2.17. The van der Waals surface area contributed by atoms with Crippen LogP contribution in [0.5, 0.6) is 0 Å². The van der Waals surface area contributed by atoms with E-state index in [0.717, 1.165) is 11.3 Å². The lowest BCUT2D eigenvalue weighted by Crippen LogP contribution is -2.44. The topological polar surface area (TPSA) is 64.4 Å². The monoisotopic (exact) mass is 286 g/mol. The van der Waals surface area contributed by atoms with Gasteiger partial charge in [-0.2, -0.15) is 0 Å². The van der Waals surface area contributed by atoms with Crippen LogP contribution < -0.4 is 0 Å². The fraction of sp³-hybridized carbons (Fsp3) is 0.375. The zero-order valence-electron chi connectivity index (χ0n) is 12.1. The number of carbonyl (C=O) groups is 1. The average Bonchev–Trinajstić information content (AvgIpc) is 2.86. The zero-order valence-corrected chi connectivity index (χ0v) is 12.1. The third-order valence-electron chi connectivity index (χ3n) is 3.88. The largest absolute Gasteiger partial charge is 0.453 e. The highest BCUT2D eigenvalue weighted by Gasteiger charge is 2.43. The van der Waals surface area contributed by atoms with E-state index in [4.69, 9.17) is 4.74 Å². The molecule has 0 spiro atoms. The third kappa shape index (κ3) is 2.23. The highest BCUT2D eigenvalue weighted by molar-refractivity contribution is 5.93. The molecule has 0 aliphatic carbocycles. The molecule has 1 atom stereocenters. The smallest absolute Gasteiger partial charge is 0.339 e. The van der Waals surface area contributed by atoms with Crippen molar-refractivity contribution in [3.8, 4) is 0 Å². The number of ether oxygens (including phenoxy) is 1. The van der Waals surface area contributed by atoms with Gasteiger partial charge in [0.15, 0.2) is 0 Å². The van der Waals surface area contributed by atoms with Crippen molar-refractivity contribution in [2.24, 2.45) is 0 Å². The van der Waals surface area contributed by atoms with Gasteiger partial charge in [0.2, 0.25) is 0 Å². The van der Waals surface area contributed by atoms with Crippen LogP contribution in [0.3, 0.4) is 0 Å². The van der Waals surface area contributed by atoms with Crippen molar-refractivity contribution in [3.63, 3.8) is 0 Å². The van der Waals surface area contributed by atoms with E-state index >= 15 is 0 Å². The van der Waals surface area contributed by atoms with Gasteiger partial charge in [0.05, 0.1) is 17.9 Å². The normalized spacial score (nSPS) is 20.0. The van der Waals surface area contributed by atoms with Gasteiger partial charge in [0.1, 0.15) is 5.60 Å². The molecule has 1 N–H and O–H groups in total. The average molecular weight is 286 g/mol. The number of hydrogen-bond donors (Lipinski definition) is 1. The van der Waals surface area contributed by atoms with E-state index in [2.05, 4.69) is 4.98 Å². The van der Waals surface area contributed by atoms with Gasteiger partial charge < -0.3 is 14.4 Å². The van der Waals surface area contributed by atoms with E-state index in [9.17, 15) is 9.90 Å². The van der Waals surface area contributed by atoms with Crippen LogP contribution in [0.1, 0.15) is 41.5 Å². The van der Waals surface area contributed by atoms with E-state index in [1.165, 1.54) is 0 Å². The fourth-order valence-corrected chi connectivity index (χ4v) is 3.00. The Morgan fingerprint density at radius 2 is 2.14 bits per heavy atom. The molecule has 5 nitrogen and oxygen atoms in total. The van der Waals surface area contributed by atoms with E-state index in [1.54, 1.807) is 18.6 Å². The first-order valence-corrected chi connectivity index (χ1v) is 6.98. The molecule has 0 radical (unpaired) electrons. The minimum absolute atomic E-state index is 0.0558. The molecule has 1 aliphatic heterocycles. The number of carbonyl (C=O) groups excluding carboxylic acids is 1. The molecular weight excluding hydrogens is 268 g/mol. The molecule has 1 aromatic heterocycles. The molecule has 0 saturated heterocycles. The van der Waals surface area contributed by atoms with Crippen molar-refractivity contribution in [2.45, 2.75) is 31.9 Å². The van der Waals surface area contributed by atoms with Crippen LogP contribution in [0, 0.1) is 0 Å². The summed E-state index contributed by atoms with van der Waals surface area (Å²) in [6.45, 7) is 3.85. The number of esters is 1. The number of hydrogen-bond acceptors (Lipinski definition) is 4. The number of imidazole rings is 1. The van der Waals surface area contributed by atoms with Gasteiger partial charge in [-0.15, -0.1) is 0 Å². The maximum Gasteiger partial charge on any atom is 0.339 e. The number of nitrogens with zero attached hydrogens (tertiary/aromatic N) is 2. The van der Waals surface area contributed by atoms with E-state index in [1.807, 2.05) is 36.6 Å². The van der Waals surface area contributed by atoms with Crippen LogP contribution in [-0.2, 0) is 11.2 Å². The lowest BCUT2D eigenvalue weighted by Gasteiger charge is -2.40. The molecule has 21 heavy (non-hydrogen) atoms. The Morgan fingerprint density at radius 1 is 1.38 bits per heavy atom. The van der Waals surface area contributed by atoms with Gasteiger partial charge in [-0.1, -0.05) is 18.2 Å². The molecule has 0 saturated carbocycles. The summed E-state index contributed by atoms with van der Waals surface area (Å²) in [6, 6.07) is 7.32. The van der Waals surface area contributed by atoms with E-state index in [0.29, 0.717) is 12.0 Å². The van der Waals surface area contributed by atoms with Gasteiger partial charge in [-0.05, 0) is 25.5 Å². The van der Waals surface area contributed by atoms with Crippen molar-refractivity contribution in [3.05, 3.63) is 53.6 Å². The summed E-state index contributed by atoms with van der Waals surface area (Å²) in [5.74, 6) is -0.296. The summed E-state index contributed by atoms with van der Waals surface area (Å²) in [5, 5.41) is 9.20. The van der Waals surface area contributed by atoms with Crippen molar-refractivity contribution in [1.29, 1.82) is 0 Å². The van der Waals surface area contributed by atoms with Crippen LogP contribution >= 0.6 is 0 Å². The number of fused-ring (bicyclic) bond motifs is 1. The Hall–Kier alpha value is -2.14. The molecule has 110 valence electrons. The Morgan fingerprint density at radius 3 is 2.90 bits per heavy atom. The molecular formula is C16H18N2O3. The maximum atomic E-state index is 12.1. The molecule has 0 fully saturated rings. The van der Waals surface area contributed by atoms with Gasteiger partial charge in [-0.3, -0.25) is 0 Å². The number of aromatic nitrogens is 2. The summed E-state index contributed by atoms with van der Waals surface area (Å²) in [5.41, 5.74) is 1.75. The van der Waals surface area contributed by atoms with E-state index < -0.39 is 5.60 Å². The highest BCUT2D eigenvalue weighted by Crippen LogP contribution is 2.40. The van der Waals surface area contributed by atoms with Crippen LogP contribution in [0.25, 0.3) is 0 Å². The minimum Gasteiger partial charge on any atom is -0.453 e. The van der Waals surface area contributed by atoms with Gasteiger partial charge in [0.25, 0.3) is 0 Å². The lowest BCUT2D eigenvalue weighted by atomic mass is 9.85. The molecule has 1 aliphatic rings. The second kappa shape index (κ2) is 5.00. The molecule has 2 heterocycles. The fourth-order valence-electron chi connectivity index (χ4n) is 3.00. The van der Waals surface area contributed by atoms with Gasteiger partial charge in [-0.25, -0.2) is 9.78 Å². The summed E-state index contributed by atoms with van der Waals surface area (Å²) < 4.78 is 7.61. The van der Waals surface area contributed by atoms with Crippen molar-refractivity contribution < 1.29 is 14.6 Å². The van der Waals surface area contributed by atoms with Crippen LogP contribution in [0.15, 0.2) is 36.8 Å². The number of cyclic esters (lactones) is 1. The SMILES string of the molecule is CC1(C)OC(=O)c2ccccc2[C@@H]1n1cncc1CCO. The molecule has 3 rings (SSSR count). The van der Waals surface area contributed by atoms with Gasteiger partial charge >= 0.3 is 5.97 Å².